The molecule has 2 aromatic rings. The first-order valence-corrected chi connectivity index (χ1v) is 13.0. The number of nitrogens with zero attached hydrogens (tertiary/aromatic N) is 2. The zero-order chi connectivity index (χ0) is 27.7. The average molecular weight is 525 g/mol. The van der Waals surface area contributed by atoms with Gasteiger partial charge in [-0.2, -0.15) is 0 Å². The summed E-state index contributed by atoms with van der Waals surface area (Å²) in [5.41, 5.74) is 1.53. The highest BCUT2D eigenvalue weighted by Crippen LogP contribution is 2.30. The molecular formula is C29H37FN4O4. The van der Waals surface area contributed by atoms with E-state index in [0.29, 0.717) is 36.8 Å². The van der Waals surface area contributed by atoms with Crippen LogP contribution < -0.4 is 10.6 Å². The molecule has 2 heterocycles. The number of hydrogen-bond donors (Lipinski definition) is 2. The lowest BCUT2D eigenvalue weighted by Gasteiger charge is -2.37. The fraction of sp³-hybridized carbons (Fsp3) is 0.483. The number of rotatable bonds is 4. The highest BCUT2D eigenvalue weighted by Gasteiger charge is 2.36. The van der Waals surface area contributed by atoms with Crippen LogP contribution in [-0.4, -0.2) is 52.1 Å². The van der Waals surface area contributed by atoms with Gasteiger partial charge in [0.05, 0.1) is 6.54 Å². The molecule has 2 aromatic carbocycles. The number of piperidine rings is 1. The van der Waals surface area contributed by atoms with Gasteiger partial charge in [-0.05, 0) is 82.7 Å². The molecule has 2 aliphatic rings. The predicted molar refractivity (Wildman–Crippen MR) is 143 cm³/mol. The molecule has 0 saturated carbocycles. The summed E-state index contributed by atoms with van der Waals surface area (Å²) in [6, 6.07) is 12.4. The van der Waals surface area contributed by atoms with Crippen molar-refractivity contribution in [3.8, 4) is 0 Å². The zero-order valence-corrected chi connectivity index (χ0v) is 22.8. The molecule has 9 heteroatoms. The summed E-state index contributed by atoms with van der Waals surface area (Å²) in [6.45, 7) is 10.5. The fourth-order valence-corrected chi connectivity index (χ4v) is 4.99. The van der Waals surface area contributed by atoms with Gasteiger partial charge < -0.3 is 25.2 Å². The van der Waals surface area contributed by atoms with Crippen molar-refractivity contribution in [1.29, 1.82) is 0 Å². The van der Waals surface area contributed by atoms with Gasteiger partial charge in [0.25, 0.3) is 0 Å². The second kappa shape index (κ2) is 10.6. The third kappa shape index (κ3) is 6.44. The van der Waals surface area contributed by atoms with Crippen LogP contribution in [0.4, 0.5) is 19.7 Å². The number of carbonyl (C=O) groups is 3. The van der Waals surface area contributed by atoms with Crippen molar-refractivity contribution in [2.75, 3.05) is 18.4 Å². The summed E-state index contributed by atoms with van der Waals surface area (Å²) < 4.78 is 19.3. The Morgan fingerprint density at radius 3 is 2.18 bits per heavy atom. The van der Waals surface area contributed by atoms with Gasteiger partial charge in [-0.15, -0.1) is 0 Å². The van der Waals surface area contributed by atoms with Gasteiger partial charge in [0.15, 0.2) is 0 Å². The summed E-state index contributed by atoms with van der Waals surface area (Å²) in [5, 5.41) is 5.60. The second-order valence-electron chi connectivity index (χ2n) is 11.6. The van der Waals surface area contributed by atoms with Crippen LogP contribution in [0.3, 0.4) is 0 Å². The molecule has 1 saturated heterocycles. The number of amides is 4. The van der Waals surface area contributed by atoms with Crippen molar-refractivity contribution in [1.82, 2.24) is 15.1 Å². The lowest BCUT2D eigenvalue weighted by molar-refractivity contribution is -0.138. The van der Waals surface area contributed by atoms with E-state index in [4.69, 9.17) is 4.74 Å². The number of halogens is 1. The van der Waals surface area contributed by atoms with E-state index < -0.39 is 17.2 Å². The van der Waals surface area contributed by atoms with Crippen LogP contribution >= 0.6 is 0 Å². The molecule has 1 fully saturated rings. The summed E-state index contributed by atoms with van der Waals surface area (Å²) in [7, 11) is 0. The van der Waals surface area contributed by atoms with Crippen molar-refractivity contribution in [2.24, 2.45) is 0 Å². The van der Waals surface area contributed by atoms with Gasteiger partial charge in [-0.1, -0.05) is 24.3 Å². The molecular weight excluding hydrogens is 487 g/mol. The molecule has 0 aliphatic carbocycles. The first-order valence-electron chi connectivity index (χ1n) is 13.0. The lowest BCUT2D eigenvalue weighted by atomic mass is 9.88. The first-order chi connectivity index (χ1) is 17.8. The largest absolute Gasteiger partial charge is 0.444 e. The molecule has 0 unspecified atom stereocenters. The predicted octanol–water partition coefficient (Wildman–Crippen LogP) is 5.38. The Bertz CT molecular complexity index is 1200. The Labute approximate surface area is 223 Å². The molecule has 204 valence electrons. The number of likely N-dealkylation sites (tertiary alicyclic amines) is 1. The number of carbonyl (C=O) groups excluding carboxylic acids is 3. The first kappa shape index (κ1) is 27.4. The van der Waals surface area contributed by atoms with Crippen LogP contribution in [0.5, 0.6) is 0 Å². The maximum absolute atomic E-state index is 14.0. The van der Waals surface area contributed by atoms with Crippen molar-refractivity contribution in [2.45, 2.75) is 77.6 Å². The number of nitrogens with one attached hydrogen (secondary N) is 2. The Hall–Kier alpha value is -3.62. The number of benzene rings is 2. The highest BCUT2D eigenvalue weighted by molar-refractivity contribution is 5.90. The average Bonchev–Trinajstić information content (AvgIpc) is 3.29. The number of fused-ring (bicyclic) bond motifs is 1. The minimum Gasteiger partial charge on any atom is -0.444 e. The Morgan fingerprint density at radius 2 is 1.58 bits per heavy atom. The second-order valence-corrected chi connectivity index (χ2v) is 11.6. The maximum Gasteiger partial charge on any atom is 0.408 e. The monoisotopic (exact) mass is 524 g/mol. The van der Waals surface area contributed by atoms with E-state index >= 15 is 0 Å². The Kier molecular flexibility index (Phi) is 7.67. The normalized spacial score (nSPS) is 16.2. The van der Waals surface area contributed by atoms with Crippen LogP contribution in [0.2, 0.25) is 0 Å². The summed E-state index contributed by atoms with van der Waals surface area (Å²) >= 11 is 0. The summed E-state index contributed by atoms with van der Waals surface area (Å²) in [4.78, 5) is 41.4. The quantitative estimate of drug-likeness (QED) is 0.562. The Morgan fingerprint density at radius 1 is 0.921 bits per heavy atom. The van der Waals surface area contributed by atoms with Gasteiger partial charge in [0.2, 0.25) is 5.91 Å². The van der Waals surface area contributed by atoms with Gasteiger partial charge in [0, 0.05) is 30.9 Å². The van der Waals surface area contributed by atoms with Gasteiger partial charge in [0.1, 0.15) is 17.0 Å². The van der Waals surface area contributed by atoms with Crippen LogP contribution in [-0.2, 0) is 22.6 Å². The van der Waals surface area contributed by atoms with Crippen LogP contribution in [0.1, 0.15) is 70.1 Å². The lowest BCUT2D eigenvalue weighted by Crippen LogP contribution is -2.57. The third-order valence-corrected chi connectivity index (χ3v) is 6.98. The van der Waals surface area contributed by atoms with E-state index in [0.717, 1.165) is 24.0 Å². The molecule has 0 bridgehead atoms. The molecule has 2 N–H and O–H groups in total. The SMILES string of the molecule is CC(C)(C)OC(=O)NC(C)(C)C(=O)N1CCC(c2ccc(NC(=O)N3Cc4cccc(F)c4C3)cc2)CC1. The van der Waals surface area contributed by atoms with E-state index in [-0.39, 0.29) is 24.3 Å². The highest BCUT2D eigenvalue weighted by atomic mass is 19.1. The molecule has 8 nitrogen and oxygen atoms in total. The number of hydrogen-bond acceptors (Lipinski definition) is 4. The van der Waals surface area contributed by atoms with Crippen LogP contribution in [0, 0.1) is 5.82 Å². The summed E-state index contributed by atoms with van der Waals surface area (Å²) in [6.07, 6.45) is 0.995. The zero-order valence-electron chi connectivity index (χ0n) is 22.8. The number of urea groups is 1. The maximum atomic E-state index is 14.0. The van der Waals surface area contributed by atoms with Crippen molar-refractivity contribution in [3.63, 3.8) is 0 Å². The van der Waals surface area contributed by atoms with Gasteiger partial charge >= 0.3 is 12.1 Å². The van der Waals surface area contributed by atoms with Crippen molar-refractivity contribution in [3.05, 3.63) is 65.0 Å². The number of ether oxygens (including phenoxy) is 1. The minimum atomic E-state index is -1.07. The minimum absolute atomic E-state index is 0.135. The van der Waals surface area contributed by atoms with Crippen molar-refractivity contribution >= 4 is 23.7 Å². The molecule has 0 atom stereocenters. The van der Waals surface area contributed by atoms with E-state index in [2.05, 4.69) is 10.6 Å². The molecule has 2 aliphatic heterocycles. The standard InChI is InChI=1S/C29H37FN4O4/c1-28(2,3)38-27(37)32-29(4,5)25(35)33-15-13-20(14-16-33)19-9-11-22(12-10-19)31-26(36)34-17-21-7-6-8-24(30)23(21)18-34/h6-12,20H,13-18H2,1-5H3,(H,31,36)(H,32,37). The molecule has 38 heavy (non-hydrogen) atoms. The number of anilines is 1. The third-order valence-electron chi connectivity index (χ3n) is 6.98. The smallest absolute Gasteiger partial charge is 0.408 e. The molecule has 4 rings (SSSR count). The van der Waals surface area contributed by atoms with Crippen molar-refractivity contribution < 1.29 is 23.5 Å². The molecule has 0 radical (unpaired) electrons. The van der Waals surface area contributed by atoms with E-state index in [1.54, 1.807) is 50.5 Å². The van der Waals surface area contributed by atoms with Crippen LogP contribution in [0.15, 0.2) is 42.5 Å². The molecule has 0 spiro atoms. The summed E-state index contributed by atoms with van der Waals surface area (Å²) in [5.74, 6) is -0.122. The number of alkyl carbamates (subject to hydrolysis) is 1. The van der Waals surface area contributed by atoms with E-state index in [1.165, 1.54) is 6.07 Å². The molecule has 4 amide bonds. The van der Waals surface area contributed by atoms with E-state index in [1.807, 2.05) is 30.3 Å². The molecule has 0 aromatic heterocycles. The van der Waals surface area contributed by atoms with Gasteiger partial charge in [-0.25, -0.2) is 14.0 Å². The Balaban J connectivity index is 1.27. The van der Waals surface area contributed by atoms with Gasteiger partial charge in [-0.3, -0.25) is 4.79 Å². The topological polar surface area (TPSA) is 91.0 Å². The van der Waals surface area contributed by atoms with Crippen LogP contribution in [0.25, 0.3) is 0 Å². The van der Waals surface area contributed by atoms with E-state index in [9.17, 15) is 18.8 Å². The fourth-order valence-electron chi connectivity index (χ4n) is 4.99.